The Kier molecular flexibility index (Phi) is 1.01. The van der Waals surface area contributed by atoms with E-state index in [9.17, 15) is 4.79 Å². The van der Waals surface area contributed by atoms with Gasteiger partial charge in [0.1, 0.15) is 0 Å². The van der Waals surface area contributed by atoms with Gasteiger partial charge in [0.15, 0.2) is 0 Å². The molecule has 2 rings (SSSR count). The van der Waals surface area contributed by atoms with Crippen molar-refractivity contribution in [2.45, 2.75) is 31.7 Å². The van der Waals surface area contributed by atoms with Crippen molar-refractivity contribution in [2.75, 3.05) is 6.54 Å². The second-order valence-corrected chi connectivity index (χ2v) is 2.92. The standard InChI is InChI=1S/C7H11NO/c9-7-3-1-2-6-4-5-8(6)7/h6H,1-5H2. The van der Waals surface area contributed by atoms with Crippen LogP contribution in [0.2, 0.25) is 0 Å². The Bertz CT molecular complexity index is 144. The topological polar surface area (TPSA) is 20.3 Å². The third-order valence-corrected chi connectivity index (χ3v) is 2.39. The maximum atomic E-state index is 11.0. The molecule has 0 aliphatic carbocycles. The maximum absolute atomic E-state index is 11.0. The van der Waals surface area contributed by atoms with E-state index in [1.807, 2.05) is 4.90 Å². The Hall–Kier alpha value is -0.530. The average Bonchev–Trinajstić information content (AvgIpc) is 1.74. The molecule has 9 heavy (non-hydrogen) atoms. The molecule has 0 aromatic heterocycles. The highest BCUT2D eigenvalue weighted by atomic mass is 16.2. The monoisotopic (exact) mass is 125 g/mol. The van der Waals surface area contributed by atoms with E-state index in [-0.39, 0.29) is 0 Å². The number of hydrogen-bond acceptors (Lipinski definition) is 1. The lowest BCUT2D eigenvalue weighted by Crippen LogP contribution is -2.53. The first-order valence-electron chi connectivity index (χ1n) is 3.67. The third kappa shape index (κ3) is 0.655. The molecule has 1 atom stereocenters. The number of carbonyl (C=O) groups is 1. The van der Waals surface area contributed by atoms with Crippen LogP contribution in [0, 0.1) is 0 Å². The summed E-state index contributed by atoms with van der Waals surface area (Å²) in [4.78, 5) is 13.0. The lowest BCUT2D eigenvalue weighted by molar-refractivity contribution is -0.142. The van der Waals surface area contributed by atoms with Gasteiger partial charge in [0, 0.05) is 19.0 Å². The summed E-state index contributed by atoms with van der Waals surface area (Å²) >= 11 is 0. The first kappa shape index (κ1) is 5.27. The fourth-order valence-corrected chi connectivity index (χ4v) is 1.70. The fraction of sp³-hybridized carbons (Fsp3) is 0.857. The molecule has 0 aromatic rings. The van der Waals surface area contributed by atoms with Crippen LogP contribution >= 0.6 is 0 Å². The maximum Gasteiger partial charge on any atom is 0.222 e. The van der Waals surface area contributed by atoms with Gasteiger partial charge in [-0.15, -0.1) is 0 Å². The van der Waals surface area contributed by atoms with Crippen LogP contribution < -0.4 is 0 Å². The van der Waals surface area contributed by atoms with Crippen molar-refractivity contribution in [3.05, 3.63) is 0 Å². The molecule has 2 nitrogen and oxygen atoms in total. The van der Waals surface area contributed by atoms with Crippen LogP contribution in [-0.2, 0) is 4.79 Å². The molecule has 2 aliphatic rings. The number of hydrogen-bond donors (Lipinski definition) is 0. The number of amides is 1. The summed E-state index contributed by atoms with van der Waals surface area (Å²) in [5.74, 6) is 0.387. The van der Waals surface area contributed by atoms with Crippen LogP contribution in [0.1, 0.15) is 25.7 Å². The lowest BCUT2D eigenvalue weighted by atomic mass is 9.92. The van der Waals surface area contributed by atoms with Crippen molar-refractivity contribution in [3.8, 4) is 0 Å². The molecule has 2 aliphatic heterocycles. The zero-order valence-corrected chi connectivity index (χ0v) is 5.47. The number of nitrogens with zero attached hydrogens (tertiary/aromatic N) is 1. The van der Waals surface area contributed by atoms with Crippen molar-refractivity contribution in [1.82, 2.24) is 4.90 Å². The molecule has 0 aromatic carbocycles. The highest BCUT2D eigenvalue weighted by molar-refractivity contribution is 5.78. The predicted molar refractivity (Wildman–Crippen MR) is 34.0 cm³/mol. The van der Waals surface area contributed by atoms with Crippen molar-refractivity contribution >= 4 is 5.91 Å². The van der Waals surface area contributed by atoms with Crippen molar-refractivity contribution < 1.29 is 4.79 Å². The average molecular weight is 125 g/mol. The van der Waals surface area contributed by atoms with Crippen LogP contribution in [-0.4, -0.2) is 23.4 Å². The normalized spacial score (nSPS) is 33.6. The molecule has 2 saturated heterocycles. The van der Waals surface area contributed by atoms with Crippen LogP contribution in [0.25, 0.3) is 0 Å². The Balaban J connectivity index is 2.06. The van der Waals surface area contributed by atoms with Crippen LogP contribution in [0.4, 0.5) is 0 Å². The van der Waals surface area contributed by atoms with Gasteiger partial charge >= 0.3 is 0 Å². The minimum absolute atomic E-state index is 0.387. The van der Waals surface area contributed by atoms with Crippen molar-refractivity contribution in [3.63, 3.8) is 0 Å². The number of rotatable bonds is 0. The Morgan fingerprint density at radius 3 is 2.78 bits per heavy atom. The van der Waals surface area contributed by atoms with Crippen LogP contribution in [0.5, 0.6) is 0 Å². The van der Waals surface area contributed by atoms with Gasteiger partial charge in [-0.2, -0.15) is 0 Å². The largest absolute Gasteiger partial charge is 0.340 e. The van der Waals surface area contributed by atoms with E-state index < -0.39 is 0 Å². The lowest BCUT2D eigenvalue weighted by Gasteiger charge is -2.44. The van der Waals surface area contributed by atoms with Crippen LogP contribution in [0.3, 0.4) is 0 Å². The zero-order valence-electron chi connectivity index (χ0n) is 5.47. The van der Waals surface area contributed by atoms with E-state index in [1.54, 1.807) is 0 Å². The number of piperidine rings is 1. The van der Waals surface area contributed by atoms with Gasteiger partial charge in [0.2, 0.25) is 5.91 Å². The third-order valence-electron chi connectivity index (χ3n) is 2.39. The molecule has 2 heterocycles. The molecule has 1 unspecified atom stereocenters. The number of carbonyl (C=O) groups excluding carboxylic acids is 1. The molecule has 50 valence electrons. The summed E-state index contributed by atoms with van der Waals surface area (Å²) < 4.78 is 0. The predicted octanol–water partition coefficient (Wildman–Crippen LogP) is 0.771. The highest BCUT2D eigenvalue weighted by Crippen LogP contribution is 2.27. The smallest absolute Gasteiger partial charge is 0.222 e. The van der Waals surface area contributed by atoms with E-state index in [1.165, 1.54) is 12.8 Å². The Morgan fingerprint density at radius 2 is 2.33 bits per heavy atom. The molecule has 0 N–H and O–H groups in total. The molecule has 0 radical (unpaired) electrons. The van der Waals surface area contributed by atoms with Crippen LogP contribution in [0.15, 0.2) is 0 Å². The van der Waals surface area contributed by atoms with Gasteiger partial charge in [-0.3, -0.25) is 4.79 Å². The van der Waals surface area contributed by atoms with E-state index in [0.29, 0.717) is 11.9 Å². The molecular formula is C7H11NO. The Morgan fingerprint density at radius 1 is 1.44 bits per heavy atom. The molecule has 0 spiro atoms. The van der Waals surface area contributed by atoms with E-state index in [4.69, 9.17) is 0 Å². The van der Waals surface area contributed by atoms with E-state index >= 15 is 0 Å². The summed E-state index contributed by atoms with van der Waals surface area (Å²) in [6, 6.07) is 0.645. The van der Waals surface area contributed by atoms with Gasteiger partial charge in [-0.05, 0) is 19.3 Å². The van der Waals surface area contributed by atoms with Gasteiger partial charge in [-0.25, -0.2) is 0 Å². The van der Waals surface area contributed by atoms with E-state index in [2.05, 4.69) is 0 Å². The minimum Gasteiger partial charge on any atom is -0.340 e. The summed E-state index contributed by atoms with van der Waals surface area (Å²) in [6.07, 6.45) is 4.44. The first-order chi connectivity index (χ1) is 4.38. The summed E-state index contributed by atoms with van der Waals surface area (Å²) in [5.41, 5.74) is 0. The SMILES string of the molecule is O=C1CCCC2CCN12. The molecule has 2 heteroatoms. The minimum atomic E-state index is 0.387. The van der Waals surface area contributed by atoms with Gasteiger partial charge in [-0.1, -0.05) is 0 Å². The highest BCUT2D eigenvalue weighted by Gasteiger charge is 2.34. The zero-order chi connectivity index (χ0) is 6.27. The molecule has 0 bridgehead atoms. The summed E-state index contributed by atoms with van der Waals surface area (Å²) in [6.45, 7) is 1.03. The molecule has 2 fully saturated rings. The molecular weight excluding hydrogens is 114 g/mol. The number of fused-ring (bicyclic) bond motifs is 1. The first-order valence-corrected chi connectivity index (χ1v) is 3.67. The van der Waals surface area contributed by atoms with Gasteiger partial charge in [0.25, 0.3) is 0 Å². The second-order valence-electron chi connectivity index (χ2n) is 2.92. The Labute approximate surface area is 54.8 Å². The summed E-state index contributed by atoms with van der Waals surface area (Å²) in [5, 5.41) is 0. The quantitative estimate of drug-likeness (QED) is 0.468. The molecule has 0 saturated carbocycles. The fourth-order valence-electron chi connectivity index (χ4n) is 1.70. The second kappa shape index (κ2) is 1.72. The van der Waals surface area contributed by atoms with E-state index in [0.717, 1.165) is 19.4 Å². The van der Waals surface area contributed by atoms with Crippen molar-refractivity contribution in [1.29, 1.82) is 0 Å². The van der Waals surface area contributed by atoms with Crippen molar-refractivity contribution in [2.24, 2.45) is 0 Å². The van der Waals surface area contributed by atoms with Gasteiger partial charge in [0.05, 0.1) is 0 Å². The summed E-state index contributed by atoms with van der Waals surface area (Å²) in [7, 11) is 0. The van der Waals surface area contributed by atoms with Gasteiger partial charge < -0.3 is 4.90 Å². The molecule has 1 amide bonds.